The summed E-state index contributed by atoms with van der Waals surface area (Å²) in [5.74, 6) is 0.151. The van der Waals surface area contributed by atoms with E-state index >= 15 is 0 Å². The summed E-state index contributed by atoms with van der Waals surface area (Å²) in [7, 11) is 1.27. The molecule has 0 radical (unpaired) electrons. The Balaban J connectivity index is 2.08. The predicted molar refractivity (Wildman–Crippen MR) is 80.7 cm³/mol. The molecule has 1 atom stereocenters. The standard InChI is InChI=1S/C14H19FN2O2S/c1-19-14(18)10-6-13(11(15)7-12(10)16)17-8-9-4-2-3-5-20-9/h6-7,9,17H,2-5,8,16H2,1H3. The second-order valence-corrected chi connectivity index (χ2v) is 6.19. The minimum atomic E-state index is -0.558. The first kappa shape index (κ1) is 15.0. The third kappa shape index (κ3) is 3.56. The third-order valence-corrected chi connectivity index (χ3v) is 4.74. The number of hydrogen-bond donors (Lipinski definition) is 2. The van der Waals surface area contributed by atoms with Crippen molar-refractivity contribution in [3.63, 3.8) is 0 Å². The summed E-state index contributed by atoms with van der Waals surface area (Å²) in [5, 5.41) is 3.56. The first-order valence-electron chi connectivity index (χ1n) is 6.64. The lowest BCUT2D eigenvalue weighted by Crippen LogP contribution is -2.20. The van der Waals surface area contributed by atoms with Crippen molar-refractivity contribution in [1.29, 1.82) is 0 Å². The molecule has 0 aromatic heterocycles. The summed E-state index contributed by atoms with van der Waals surface area (Å²) in [5.41, 5.74) is 6.21. The largest absolute Gasteiger partial charge is 0.465 e. The van der Waals surface area contributed by atoms with Crippen molar-refractivity contribution in [3.8, 4) is 0 Å². The first-order valence-corrected chi connectivity index (χ1v) is 7.69. The van der Waals surface area contributed by atoms with Crippen LogP contribution < -0.4 is 11.1 Å². The van der Waals surface area contributed by atoms with E-state index in [1.165, 1.54) is 26.0 Å². The number of nitrogens with two attached hydrogens (primary N) is 1. The van der Waals surface area contributed by atoms with Gasteiger partial charge in [-0.25, -0.2) is 9.18 Å². The number of nitrogens with one attached hydrogen (secondary N) is 1. The highest BCUT2D eigenvalue weighted by Gasteiger charge is 2.17. The maximum atomic E-state index is 13.9. The number of rotatable bonds is 4. The molecule has 1 unspecified atom stereocenters. The van der Waals surface area contributed by atoms with Crippen LogP contribution >= 0.6 is 11.8 Å². The predicted octanol–water partition coefficient (Wildman–Crippen LogP) is 2.89. The average Bonchev–Trinajstić information content (AvgIpc) is 2.46. The van der Waals surface area contributed by atoms with Gasteiger partial charge >= 0.3 is 5.97 Å². The van der Waals surface area contributed by atoms with Gasteiger partial charge in [-0.3, -0.25) is 0 Å². The van der Waals surface area contributed by atoms with E-state index in [1.54, 1.807) is 0 Å². The van der Waals surface area contributed by atoms with Crippen LogP contribution in [0.2, 0.25) is 0 Å². The summed E-state index contributed by atoms with van der Waals surface area (Å²) in [6.07, 6.45) is 3.61. The van der Waals surface area contributed by atoms with Crippen molar-refractivity contribution in [2.24, 2.45) is 0 Å². The zero-order valence-corrected chi connectivity index (χ0v) is 12.3. The van der Waals surface area contributed by atoms with Crippen molar-refractivity contribution in [2.75, 3.05) is 30.5 Å². The van der Waals surface area contributed by atoms with Crippen LogP contribution in [0.4, 0.5) is 15.8 Å². The van der Waals surface area contributed by atoms with Crippen LogP contribution in [-0.2, 0) is 4.74 Å². The number of hydrogen-bond acceptors (Lipinski definition) is 5. The van der Waals surface area contributed by atoms with Gasteiger partial charge in [-0.2, -0.15) is 11.8 Å². The van der Waals surface area contributed by atoms with Gasteiger partial charge in [0.25, 0.3) is 0 Å². The molecule has 6 heteroatoms. The maximum absolute atomic E-state index is 13.9. The Morgan fingerprint density at radius 2 is 2.35 bits per heavy atom. The van der Waals surface area contributed by atoms with Crippen LogP contribution in [0.25, 0.3) is 0 Å². The highest BCUT2D eigenvalue weighted by atomic mass is 32.2. The molecule has 1 saturated heterocycles. The third-order valence-electron chi connectivity index (χ3n) is 3.34. The van der Waals surface area contributed by atoms with E-state index in [1.807, 2.05) is 11.8 Å². The van der Waals surface area contributed by atoms with Gasteiger partial charge in [0, 0.05) is 17.5 Å². The lowest BCUT2D eigenvalue weighted by atomic mass is 10.1. The van der Waals surface area contributed by atoms with E-state index in [-0.39, 0.29) is 11.3 Å². The molecular formula is C14H19FN2O2S. The number of anilines is 2. The molecular weight excluding hydrogens is 279 g/mol. The summed E-state index contributed by atoms with van der Waals surface area (Å²) in [6.45, 7) is 0.687. The van der Waals surface area contributed by atoms with E-state index in [0.717, 1.165) is 18.2 Å². The van der Waals surface area contributed by atoms with E-state index < -0.39 is 11.8 Å². The Morgan fingerprint density at radius 1 is 1.55 bits per heavy atom. The zero-order valence-electron chi connectivity index (χ0n) is 11.4. The minimum absolute atomic E-state index is 0.0898. The van der Waals surface area contributed by atoms with E-state index in [4.69, 9.17) is 5.73 Å². The molecule has 1 heterocycles. The molecule has 0 aliphatic carbocycles. The Labute approximate surface area is 122 Å². The molecule has 2 rings (SSSR count). The first-order chi connectivity index (χ1) is 9.61. The molecule has 1 fully saturated rings. The van der Waals surface area contributed by atoms with Gasteiger partial charge < -0.3 is 15.8 Å². The van der Waals surface area contributed by atoms with E-state index in [0.29, 0.717) is 17.5 Å². The van der Waals surface area contributed by atoms with Gasteiger partial charge in [0.15, 0.2) is 0 Å². The summed E-state index contributed by atoms with van der Waals surface area (Å²) >= 11 is 1.91. The number of halogens is 1. The van der Waals surface area contributed by atoms with Crippen LogP contribution in [0.15, 0.2) is 12.1 Å². The summed E-state index contributed by atoms with van der Waals surface area (Å²) in [6, 6.07) is 2.58. The maximum Gasteiger partial charge on any atom is 0.340 e. The molecule has 0 bridgehead atoms. The average molecular weight is 298 g/mol. The Hall–Kier alpha value is -1.43. The summed E-state index contributed by atoms with van der Waals surface area (Å²) < 4.78 is 18.5. The number of benzene rings is 1. The monoisotopic (exact) mass is 298 g/mol. The number of methoxy groups -OCH3 is 1. The lowest BCUT2D eigenvalue weighted by molar-refractivity contribution is 0.0602. The van der Waals surface area contributed by atoms with Gasteiger partial charge in [-0.1, -0.05) is 6.42 Å². The highest BCUT2D eigenvalue weighted by Crippen LogP contribution is 2.27. The number of esters is 1. The van der Waals surface area contributed by atoms with Crippen molar-refractivity contribution in [2.45, 2.75) is 24.5 Å². The highest BCUT2D eigenvalue weighted by molar-refractivity contribution is 7.99. The Morgan fingerprint density at radius 3 is 3.00 bits per heavy atom. The normalized spacial score (nSPS) is 18.6. The number of thioether (sulfide) groups is 1. The van der Waals surface area contributed by atoms with Crippen LogP contribution in [-0.4, -0.2) is 30.6 Å². The fraction of sp³-hybridized carbons (Fsp3) is 0.500. The van der Waals surface area contributed by atoms with E-state index in [9.17, 15) is 9.18 Å². The molecule has 4 nitrogen and oxygen atoms in total. The van der Waals surface area contributed by atoms with Gasteiger partial charge in [0.2, 0.25) is 0 Å². The van der Waals surface area contributed by atoms with Crippen molar-refractivity contribution in [3.05, 3.63) is 23.5 Å². The minimum Gasteiger partial charge on any atom is -0.465 e. The smallest absolute Gasteiger partial charge is 0.340 e. The number of nitrogen functional groups attached to an aromatic ring is 1. The van der Waals surface area contributed by atoms with E-state index in [2.05, 4.69) is 10.1 Å². The SMILES string of the molecule is COC(=O)c1cc(NCC2CCCCS2)c(F)cc1N. The fourth-order valence-corrected chi connectivity index (χ4v) is 3.44. The van der Waals surface area contributed by atoms with Crippen molar-refractivity contribution < 1.29 is 13.9 Å². The molecule has 20 heavy (non-hydrogen) atoms. The molecule has 1 aromatic carbocycles. The van der Waals surface area contributed by atoms with Crippen molar-refractivity contribution >= 4 is 29.1 Å². The second-order valence-electron chi connectivity index (χ2n) is 4.78. The number of carbonyl (C=O) groups excluding carboxylic acids is 1. The number of ether oxygens (including phenoxy) is 1. The number of carbonyl (C=O) groups is 1. The zero-order chi connectivity index (χ0) is 14.5. The quantitative estimate of drug-likeness (QED) is 0.661. The Kier molecular flexibility index (Phi) is 5.11. The second kappa shape index (κ2) is 6.83. The van der Waals surface area contributed by atoms with Gasteiger partial charge in [0.1, 0.15) is 5.82 Å². The van der Waals surface area contributed by atoms with Crippen LogP contribution in [0.3, 0.4) is 0 Å². The molecule has 0 saturated carbocycles. The van der Waals surface area contributed by atoms with Crippen LogP contribution in [0.1, 0.15) is 29.6 Å². The molecule has 0 spiro atoms. The van der Waals surface area contributed by atoms with Crippen LogP contribution in [0, 0.1) is 5.82 Å². The summed E-state index contributed by atoms with van der Waals surface area (Å²) in [4.78, 5) is 11.5. The van der Waals surface area contributed by atoms with Gasteiger partial charge in [-0.15, -0.1) is 0 Å². The van der Waals surface area contributed by atoms with Gasteiger partial charge in [-0.05, 0) is 30.7 Å². The molecule has 3 N–H and O–H groups in total. The van der Waals surface area contributed by atoms with Crippen molar-refractivity contribution in [1.82, 2.24) is 0 Å². The Bertz CT molecular complexity index is 490. The molecule has 1 aromatic rings. The molecule has 110 valence electrons. The fourth-order valence-electron chi connectivity index (χ4n) is 2.20. The lowest BCUT2D eigenvalue weighted by Gasteiger charge is -2.22. The van der Waals surface area contributed by atoms with Gasteiger partial charge in [0.05, 0.1) is 18.4 Å². The molecule has 1 aliphatic rings. The molecule has 0 amide bonds. The molecule has 1 aliphatic heterocycles. The van der Waals surface area contributed by atoms with Crippen LogP contribution in [0.5, 0.6) is 0 Å². The topological polar surface area (TPSA) is 64.3 Å².